The molecule has 0 amide bonds. The van der Waals surface area contributed by atoms with E-state index in [0.717, 1.165) is 19.3 Å². The van der Waals surface area contributed by atoms with Gasteiger partial charge in [-0.2, -0.15) is 0 Å². The quantitative estimate of drug-likeness (QED) is 0.439. The Balaban J connectivity index is 1.95. The number of hydrogen-bond acceptors (Lipinski definition) is 2. The molecule has 1 aromatic carbocycles. The summed E-state index contributed by atoms with van der Waals surface area (Å²) in [6.45, 7) is 3.47. The Kier molecular flexibility index (Phi) is 10.8. The molecule has 0 heterocycles. The Hall–Kier alpha value is -1.12. The van der Waals surface area contributed by atoms with Gasteiger partial charge < -0.3 is 9.84 Å². The summed E-state index contributed by atoms with van der Waals surface area (Å²) in [6, 6.07) is 10.1. The first-order chi connectivity index (χ1) is 10.3. The van der Waals surface area contributed by atoms with Crippen molar-refractivity contribution in [2.24, 2.45) is 0 Å². The molecule has 1 atom stereocenters. The Morgan fingerprint density at radius 1 is 1.05 bits per heavy atom. The standard InChI is InChI=1S/C19H30O2/c1-2-3-4-5-6-7-11-14-19(20)15-16-21-17-18-12-9-8-10-13-18/h6-10,12-13,19-20H,2-5,11,14-17H2,1H3/b7-6+. The second-order valence-corrected chi connectivity index (χ2v) is 5.53. The van der Waals surface area contributed by atoms with E-state index in [4.69, 9.17) is 4.74 Å². The van der Waals surface area contributed by atoms with Crippen LogP contribution in [0.1, 0.15) is 57.4 Å². The molecule has 0 aromatic heterocycles. The molecule has 0 spiro atoms. The van der Waals surface area contributed by atoms with Crippen LogP contribution in [0.4, 0.5) is 0 Å². The van der Waals surface area contributed by atoms with Crippen molar-refractivity contribution < 1.29 is 9.84 Å². The van der Waals surface area contributed by atoms with E-state index in [1.807, 2.05) is 18.2 Å². The van der Waals surface area contributed by atoms with E-state index in [0.29, 0.717) is 13.2 Å². The molecule has 0 bridgehead atoms. The first-order valence-electron chi connectivity index (χ1n) is 8.27. The summed E-state index contributed by atoms with van der Waals surface area (Å²) in [5, 5.41) is 9.87. The maximum absolute atomic E-state index is 9.87. The number of aliphatic hydroxyl groups is 1. The highest BCUT2D eigenvalue weighted by molar-refractivity contribution is 5.13. The summed E-state index contributed by atoms with van der Waals surface area (Å²) >= 11 is 0. The maximum Gasteiger partial charge on any atom is 0.0716 e. The van der Waals surface area contributed by atoms with Crippen molar-refractivity contribution >= 4 is 0 Å². The van der Waals surface area contributed by atoms with E-state index >= 15 is 0 Å². The van der Waals surface area contributed by atoms with Gasteiger partial charge in [-0.05, 0) is 37.7 Å². The van der Waals surface area contributed by atoms with Gasteiger partial charge in [0.2, 0.25) is 0 Å². The van der Waals surface area contributed by atoms with Crippen molar-refractivity contribution in [1.82, 2.24) is 0 Å². The Labute approximate surface area is 129 Å². The third kappa shape index (κ3) is 10.3. The monoisotopic (exact) mass is 290 g/mol. The summed E-state index contributed by atoms with van der Waals surface area (Å²) in [6.07, 6.45) is 11.7. The lowest BCUT2D eigenvalue weighted by molar-refractivity contribution is 0.0705. The van der Waals surface area contributed by atoms with Crippen molar-refractivity contribution in [3.63, 3.8) is 0 Å². The molecule has 0 aliphatic carbocycles. The lowest BCUT2D eigenvalue weighted by Crippen LogP contribution is -2.10. The molecule has 1 aromatic rings. The number of ether oxygens (including phenoxy) is 1. The van der Waals surface area contributed by atoms with Crippen LogP contribution < -0.4 is 0 Å². The highest BCUT2D eigenvalue weighted by Gasteiger charge is 2.02. The Bertz CT molecular complexity index is 359. The molecule has 1 rings (SSSR count). The minimum absolute atomic E-state index is 0.249. The maximum atomic E-state index is 9.87. The minimum Gasteiger partial charge on any atom is -0.393 e. The summed E-state index contributed by atoms with van der Waals surface area (Å²) in [4.78, 5) is 0. The van der Waals surface area contributed by atoms with E-state index in [2.05, 4.69) is 31.2 Å². The van der Waals surface area contributed by atoms with Crippen molar-refractivity contribution in [3.8, 4) is 0 Å². The second-order valence-electron chi connectivity index (χ2n) is 5.53. The van der Waals surface area contributed by atoms with Crippen LogP contribution in [0.5, 0.6) is 0 Å². The van der Waals surface area contributed by atoms with Gasteiger partial charge >= 0.3 is 0 Å². The van der Waals surface area contributed by atoms with Gasteiger partial charge in [-0.3, -0.25) is 0 Å². The molecule has 0 radical (unpaired) electrons. The first-order valence-corrected chi connectivity index (χ1v) is 8.27. The number of benzene rings is 1. The molecular formula is C19H30O2. The van der Waals surface area contributed by atoms with Crippen molar-refractivity contribution in [1.29, 1.82) is 0 Å². The number of hydrogen-bond donors (Lipinski definition) is 1. The molecule has 1 unspecified atom stereocenters. The van der Waals surface area contributed by atoms with E-state index in [1.54, 1.807) is 0 Å². The molecule has 21 heavy (non-hydrogen) atoms. The van der Waals surface area contributed by atoms with Crippen LogP contribution in [-0.4, -0.2) is 17.8 Å². The molecular weight excluding hydrogens is 260 g/mol. The van der Waals surface area contributed by atoms with Gasteiger partial charge in [0.05, 0.1) is 12.7 Å². The van der Waals surface area contributed by atoms with E-state index in [1.165, 1.54) is 31.2 Å². The van der Waals surface area contributed by atoms with E-state index in [-0.39, 0.29) is 6.10 Å². The van der Waals surface area contributed by atoms with Gasteiger partial charge in [0, 0.05) is 6.61 Å². The zero-order valence-electron chi connectivity index (χ0n) is 13.3. The fraction of sp³-hybridized carbons (Fsp3) is 0.579. The molecule has 0 fully saturated rings. The van der Waals surface area contributed by atoms with Crippen molar-refractivity contribution in [3.05, 3.63) is 48.0 Å². The average Bonchev–Trinajstić information content (AvgIpc) is 2.52. The van der Waals surface area contributed by atoms with Crippen LogP contribution in [0.25, 0.3) is 0 Å². The van der Waals surface area contributed by atoms with Gasteiger partial charge in [-0.1, -0.05) is 62.2 Å². The zero-order valence-corrected chi connectivity index (χ0v) is 13.3. The fourth-order valence-corrected chi connectivity index (χ4v) is 2.16. The summed E-state index contributed by atoms with van der Waals surface area (Å²) < 4.78 is 5.58. The second kappa shape index (κ2) is 12.6. The smallest absolute Gasteiger partial charge is 0.0716 e. The predicted octanol–water partition coefficient (Wildman–Crippen LogP) is 4.87. The third-order valence-corrected chi connectivity index (χ3v) is 3.51. The lowest BCUT2D eigenvalue weighted by Gasteiger charge is -2.09. The van der Waals surface area contributed by atoms with Crippen LogP contribution in [0.3, 0.4) is 0 Å². The number of rotatable bonds is 12. The summed E-state index contributed by atoms with van der Waals surface area (Å²) in [5.74, 6) is 0. The third-order valence-electron chi connectivity index (χ3n) is 3.51. The van der Waals surface area contributed by atoms with Crippen LogP contribution in [0.2, 0.25) is 0 Å². The highest BCUT2D eigenvalue weighted by atomic mass is 16.5. The Morgan fingerprint density at radius 3 is 2.57 bits per heavy atom. The van der Waals surface area contributed by atoms with Crippen LogP contribution in [0, 0.1) is 0 Å². The van der Waals surface area contributed by atoms with Gasteiger partial charge in [-0.25, -0.2) is 0 Å². The summed E-state index contributed by atoms with van der Waals surface area (Å²) in [5.41, 5.74) is 1.18. The van der Waals surface area contributed by atoms with Crippen LogP contribution in [-0.2, 0) is 11.3 Å². The fourth-order valence-electron chi connectivity index (χ4n) is 2.16. The normalized spacial score (nSPS) is 12.9. The van der Waals surface area contributed by atoms with Gasteiger partial charge in [0.1, 0.15) is 0 Å². The van der Waals surface area contributed by atoms with E-state index < -0.39 is 0 Å². The van der Waals surface area contributed by atoms with Crippen LogP contribution >= 0.6 is 0 Å². The Morgan fingerprint density at radius 2 is 1.81 bits per heavy atom. The topological polar surface area (TPSA) is 29.5 Å². The van der Waals surface area contributed by atoms with Gasteiger partial charge in [-0.15, -0.1) is 0 Å². The molecule has 2 nitrogen and oxygen atoms in total. The van der Waals surface area contributed by atoms with Crippen LogP contribution in [0.15, 0.2) is 42.5 Å². The molecule has 118 valence electrons. The lowest BCUT2D eigenvalue weighted by atomic mass is 10.1. The van der Waals surface area contributed by atoms with Crippen molar-refractivity contribution in [2.75, 3.05) is 6.61 Å². The number of unbranched alkanes of at least 4 members (excludes halogenated alkanes) is 3. The van der Waals surface area contributed by atoms with Gasteiger partial charge in [0.25, 0.3) is 0 Å². The first kappa shape index (κ1) is 17.9. The van der Waals surface area contributed by atoms with Crippen molar-refractivity contribution in [2.45, 2.75) is 64.6 Å². The zero-order chi connectivity index (χ0) is 15.2. The summed E-state index contributed by atoms with van der Waals surface area (Å²) in [7, 11) is 0. The molecule has 1 N–H and O–H groups in total. The SMILES string of the molecule is CCCCC/C=C/CCC(O)CCOCc1ccccc1. The average molecular weight is 290 g/mol. The number of aliphatic hydroxyl groups excluding tert-OH is 1. The number of allylic oxidation sites excluding steroid dienone is 2. The minimum atomic E-state index is -0.249. The van der Waals surface area contributed by atoms with Gasteiger partial charge in [0.15, 0.2) is 0 Å². The van der Waals surface area contributed by atoms with E-state index in [9.17, 15) is 5.11 Å². The molecule has 2 heteroatoms. The largest absolute Gasteiger partial charge is 0.393 e. The molecule has 0 saturated heterocycles. The molecule has 0 saturated carbocycles. The molecule has 0 aliphatic heterocycles. The molecule has 0 aliphatic rings. The predicted molar refractivity (Wildman–Crippen MR) is 89.2 cm³/mol. The highest BCUT2D eigenvalue weighted by Crippen LogP contribution is 2.06.